The van der Waals surface area contributed by atoms with E-state index in [0.717, 1.165) is 41.4 Å². The molecule has 0 amide bonds. The summed E-state index contributed by atoms with van der Waals surface area (Å²) < 4.78 is 0. The van der Waals surface area contributed by atoms with Crippen LogP contribution in [0.25, 0.3) is 0 Å². The van der Waals surface area contributed by atoms with E-state index >= 15 is 0 Å². The van der Waals surface area contributed by atoms with E-state index in [-0.39, 0.29) is 6.04 Å². The zero-order valence-corrected chi connectivity index (χ0v) is 14.1. The topological polar surface area (TPSA) is 50.7 Å². The lowest BCUT2D eigenvalue weighted by Crippen LogP contribution is -2.26. The molecule has 3 heterocycles. The molecule has 122 valence electrons. The number of rotatable bonds is 6. The van der Waals surface area contributed by atoms with E-state index in [1.54, 1.807) is 6.20 Å². The molecule has 0 saturated carbocycles. The minimum absolute atomic E-state index is 0.184. The number of hydrogen-bond acceptors (Lipinski definition) is 4. The van der Waals surface area contributed by atoms with Crippen LogP contribution >= 0.6 is 0 Å². The molecule has 0 aromatic carbocycles. The van der Waals surface area contributed by atoms with E-state index in [1.807, 2.05) is 44.2 Å². The first-order valence-corrected chi connectivity index (χ1v) is 8.22. The monoisotopic (exact) mass is 318 g/mol. The Bertz CT molecular complexity index is 739. The van der Waals surface area contributed by atoms with Crippen LogP contribution in [0.1, 0.15) is 22.8 Å². The summed E-state index contributed by atoms with van der Waals surface area (Å²) in [6.07, 6.45) is 3.46. The van der Waals surface area contributed by atoms with Gasteiger partial charge in [-0.2, -0.15) is 0 Å². The van der Waals surface area contributed by atoms with Crippen LogP contribution in [-0.2, 0) is 12.8 Å². The highest BCUT2D eigenvalue weighted by Crippen LogP contribution is 2.12. The SMILES string of the molecule is Cc1cccc(CC(Cc2cccc(C)n2)Nc2ccccn2)n1. The number of aromatic nitrogens is 3. The van der Waals surface area contributed by atoms with Crippen LogP contribution in [0.5, 0.6) is 0 Å². The highest BCUT2D eigenvalue weighted by atomic mass is 15.0. The molecule has 0 spiro atoms. The number of nitrogens with zero attached hydrogens (tertiary/aromatic N) is 3. The molecule has 0 atom stereocenters. The molecule has 0 aliphatic heterocycles. The van der Waals surface area contributed by atoms with Crippen LogP contribution in [0.15, 0.2) is 60.8 Å². The van der Waals surface area contributed by atoms with Gasteiger partial charge in [0.15, 0.2) is 0 Å². The second kappa shape index (κ2) is 7.68. The van der Waals surface area contributed by atoms with Gasteiger partial charge >= 0.3 is 0 Å². The van der Waals surface area contributed by atoms with Crippen molar-refractivity contribution < 1.29 is 0 Å². The van der Waals surface area contributed by atoms with Crippen molar-refractivity contribution >= 4 is 5.82 Å². The van der Waals surface area contributed by atoms with Gasteiger partial charge in [-0.25, -0.2) is 4.98 Å². The fourth-order valence-corrected chi connectivity index (χ4v) is 2.76. The van der Waals surface area contributed by atoms with Crippen LogP contribution in [-0.4, -0.2) is 21.0 Å². The van der Waals surface area contributed by atoms with E-state index in [2.05, 4.69) is 44.5 Å². The van der Waals surface area contributed by atoms with Crippen molar-refractivity contribution in [2.24, 2.45) is 0 Å². The summed E-state index contributed by atoms with van der Waals surface area (Å²) in [5.41, 5.74) is 4.24. The van der Waals surface area contributed by atoms with Gasteiger partial charge in [0.2, 0.25) is 0 Å². The number of hydrogen-bond donors (Lipinski definition) is 1. The number of pyridine rings is 3. The normalized spacial score (nSPS) is 10.8. The van der Waals surface area contributed by atoms with Crippen LogP contribution < -0.4 is 5.32 Å². The molecule has 0 radical (unpaired) electrons. The summed E-state index contributed by atoms with van der Waals surface area (Å²) in [6, 6.07) is 18.4. The van der Waals surface area contributed by atoms with Gasteiger partial charge < -0.3 is 5.32 Å². The predicted octanol–water partition coefficient (Wildman–Crippen LogP) is 3.75. The third-order valence-corrected chi connectivity index (χ3v) is 3.82. The molecule has 0 aliphatic rings. The lowest BCUT2D eigenvalue weighted by molar-refractivity contribution is 0.680. The second-order valence-electron chi connectivity index (χ2n) is 6.01. The zero-order chi connectivity index (χ0) is 16.8. The molecule has 0 aliphatic carbocycles. The fraction of sp³-hybridized carbons (Fsp3) is 0.250. The van der Waals surface area contributed by atoms with Gasteiger partial charge in [0, 0.05) is 47.9 Å². The third kappa shape index (κ3) is 4.62. The Kier molecular flexibility index (Phi) is 5.16. The average molecular weight is 318 g/mol. The first-order chi connectivity index (χ1) is 11.7. The van der Waals surface area contributed by atoms with Crippen LogP contribution in [0.2, 0.25) is 0 Å². The first kappa shape index (κ1) is 16.1. The molecule has 0 saturated heterocycles. The zero-order valence-electron chi connectivity index (χ0n) is 14.1. The second-order valence-corrected chi connectivity index (χ2v) is 6.01. The number of nitrogens with one attached hydrogen (secondary N) is 1. The molecule has 4 nitrogen and oxygen atoms in total. The smallest absolute Gasteiger partial charge is 0.126 e. The average Bonchev–Trinajstić information content (AvgIpc) is 2.56. The van der Waals surface area contributed by atoms with Crippen molar-refractivity contribution in [1.82, 2.24) is 15.0 Å². The Hall–Kier alpha value is -2.75. The molecule has 3 aromatic rings. The largest absolute Gasteiger partial charge is 0.367 e. The maximum Gasteiger partial charge on any atom is 0.126 e. The van der Waals surface area contributed by atoms with E-state index < -0.39 is 0 Å². The summed E-state index contributed by atoms with van der Waals surface area (Å²) in [5, 5.41) is 3.52. The lowest BCUT2D eigenvalue weighted by atomic mass is 10.0. The summed E-state index contributed by atoms with van der Waals surface area (Å²) in [4.78, 5) is 13.7. The highest BCUT2D eigenvalue weighted by Gasteiger charge is 2.13. The Morgan fingerprint density at radius 2 is 1.42 bits per heavy atom. The molecule has 1 N–H and O–H groups in total. The van der Waals surface area contributed by atoms with Crippen LogP contribution in [0.3, 0.4) is 0 Å². The van der Waals surface area contributed by atoms with Crippen molar-refractivity contribution in [3.8, 4) is 0 Å². The minimum atomic E-state index is 0.184. The Morgan fingerprint density at radius 3 is 1.92 bits per heavy atom. The standard InChI is InChI=1S/C20H22N4/c1-15-7-5-9-17(22-15)13-19(24-20-11-3-4-12-21-20)14-18-10-6-8-16(2)23-18/h3-12,19H,13-14H2,1-2H3,(H,21,24). The van der Waals surface area contributed by atoms with Crippen molar-refractivity contribution in [3.05, 3.63) is 83.6 Å². The Labute approximate surface area is 143 Å². The maximum atomic E-state index is 4.63. The summed E-state index contributed by atoms with van der Waals surface area (Å²) in [5.74, 6) is 0.878. The third-order valence-electron chi connectivity index (χ3n) is 3.82. The minimum Gasteiger partial charge on any atom is -0.367 e. The number of aryl methyl sites for hydroxylation is 2. The first-order valence-electron chi connectivity index (χ1n) is 8.22. The molecule has 24 heavy (non-hydrogen) atoms. The molecule has 4 heteroatoms. The molecule has 0 fully saturated rings. The summed E-state index contributed by atoms with van der Waals surface area (Å²) in [6.45, 7) is 4.04. The molecular formula is C20H22N4. The molecular weight excluding hydrogens is 296 g/mol. The van der Waals surface area contributed by atoms with E-state index in [1.165, 1.54) is 0 Å². The molecule has 3 rings (SSSR count). The lowest BCUT2D eigenvalue weighted by Gasteiger charge is -2.19. The fourth-order valence-electron chi connectivity index (χ4n) is 2.76. The highest BCUT2D eigenvalue weighted by molar-refractivity contribution is 5.35. The van der Waals surface area contributed by atoms with Crippen molar-refractivity contribution in [2.75, 3.05) is 5.32 Å². The van der Waals surface area contributed by atoms with Crippen molar-refractivity contribution in [3.63, 3.8) is 0 Å². The van der Waals surface area contributed by atoms with Crippen molar-refractivity contribution in [2.45, 2.75) is 32.7 Å². The quantitative estimate of drug-likeness (QED) is 0.752. The van der Waals surface area contributed by atoms with Gasteiger partial charge in [0.25, 0.3) is 0 Å². The number of anilines is 1. The molecule has 0 bridgehead atoms. The van der Waals surface area contributed by atoms with Gasteiger partial charge in [-0.05, 0) is 50.2 Å². The summed E-state index contributed by atoms with van der Waals surface area (Å²) in [7, 11) is 0. The van der Waals surface area contributed by atoms with E-state index in [4.69, 9.17) is 0 Å². The Morgan fingerprint density at radius 1 is 0.792 bits per heavy atom. The summed E-state index contributed by atoms with van der Waals surface area (Å²) >= 11 is 0. The molecule has 3 aromatic heterocycles. The van der Waals surface area contributed by atoms with Crippen LogP contribution in [0, 0.1) is 13.8 Å². The van der Waals surface area contributed by atoms with Crippen molar-refractivity contribution in [1.29, 1.82) is 0 Å². The van der Waals surface area contributed by atoms with Gasteiger partial charge in [-0.1, -0.05) is 18.2 Å². The predicted molar refractivity (Wildman–Crippen MR) is 97.0 cm³/mol. The van der Waals surface area contributed by atoms with Gasteiger partial charge in [0.1, 0.15) is 5.82 Å². The van der Waals surface area contributed by atoms with Gasteiger partial charge in [-0.15, -0.1) is 0 Å². The van der Waals surface area contributed by atoms with Gasteiger partial charge in [-0.3, -0.25) is 9.97 Å². The maximum absolute atomic E-state index is 4.63. The molecule has 0 unspecified atom stereocenters. The Balaban J connectivity index is 1.80. The van der Waals surface area contributed by atoms with Crippen LogP contribution in [0.4, 0.5) is 5.82 Å². The van der Waals surface area contributed by atoms with E-state index in [9.17, 15) is 0 Å². The van der Waals surface area contributed by atoms with Gasteiger partial charge in [0.05, 0.1) is 0 Å². The van der Waals surface area contributed by atoms with E-state index in [0.29, 0.717) is 0 Å².